The van der Waals surface area contributed by atoms with Crippen molar-refractivity contribution in [2.75, 3.05) is 13.2 Å². The van der Waals surface area contributed by atoms with Gasteiger partial charge in [-0.25, -0.2) is 9.18 Å². The lowest BCUT2D eigenvalue weighted by molar-refractivity contribution is -0.144. The van der Waals surface area contributed by atoms with E-state index in [-0.39, 0.29) is 36.2 Å². The van der Waals surface area contributed by atoms with Gasteiger partial charge in [0.15, 0.2) is 23.0 Å². The summed E-state index contributed by atoms with van der Waals surface area (Å²) in [6, 6.07) is 25.7. The number of rotatable bonds is 8. The maximum Gasteiger partial charge on any atom is 0.356 e. The molecule has 44 heavy (non-hydrogen) atoms. The third kappa shape index (κ3) is 5.68. The van der Waals surface area contributed by atoms with Gasteiger partial charge in [0.1, 0.15) is 42.2 Å². The number of para-hydroxylation sites is 2. The number of hydrogen-bond donors (Lipinski definition) is 1. The zero-order valence-corrected chi connectivity index (χ0v) is 23.6. The van der Waals surface area contributed by atoms with Crippen LogP contribution >= 0.6 is 0 Å². The van der Waals surface area contributed by atoms with Crippen LogP contribution in [0, 0.1) is 17.1 Å². The molecule has 0 aliphatic carbocycles. The summed E-state index contributed by atoms with van der Waals surface area (Å²) < 4.78 is 48.7. The summed E-state index contributed by atoms with van der Waals surface area (Å²) in [6.45, 7) is 2.20. The summed E-state index contributed by atoms with van der Waals surface area (Å²) in [7, 11) is 0. The van der Waals surface area contributed by atoms with Crippen molar-refractivity contribution < 1.29 is 37.6 Å². The Hall–Kier alpha value is -5.69. The first-order chi connectivity index (χ1) is 21.4. The van der Waals surface area contributed by atoms with Crippen LogP contribution in [0.1, 0.15) is 29.5 Å². The molecule has 2 heterocycles. The Balaban J connectivity index is 1.25. The van der Waals surface area contributed by atoms with E-state index in [1.807, 2.05) is 13.0 Å². The fourth-order valence-electron chi connectivity index (χ4n) is 5.02. The second-order valence-electron chi connectivity index (χ2n) is 9.93. The highest BCUT2D eigenvalue weighted by atomic mass is 19.1. The van der Waals surface area contributed by atoms with Crippen molar-refractivity contribution in [2.24, 2.45) is 5.73 Å². The molecule has 0 aromatic heterocycles. The number of esters is 1. The number of carbonyl (C=O) groups excluding carboxylic acids is 1. The van der Waals surface area contributed by atoms with Gasteiger partial charge in [-0.1, -0.05) is 42.5 Å². The number of ether oxygens (including phenoxy) is 6. The van der Waals surface area contributed by atoms with Gasteiger partial charge >= 0.3 is 5.97 Å². The zero-order chi connectivity index (χ0) is 30.6. The fourth-order valence-corrected chi connectivity index (χ4v) is 5.02. The predicted octanol–water partition coefficient (Wildman–Crippen LogP) is 5.77. The molecule has 2 N–H and O–H groups in total. The standard InChI is InChI=1S/C34H27FN2O7/c1-2-39-30-15-20(11-14-27(30)40-18-21-7-3-4-8-25(21)35)32-23-13-12-22(16-29(23)44-33(37)24(32)17-36)42-34(38)31-19-41-26-9-5-6-10-28(26)43-31/h3-16,31-32H,2,18-19,37H2,1H3. The average molecular weight is 595 g/mol. The lowest BCUT2D eigenvalue weighted by atomic mass is 9.83. The number of benzene rings is 4. The van der Waals surface area contributed by atoms with Crippen molar-refractivity contribution in [1.29, 1.82) is 5.26 Å². The van der Waals surface area contributed by atoms with Crippen LogP contribution in [0.4, 0.5) is 4.39 Å². The van der Waals surface area contributed by atoms with Crippen LogP contribution in [-0.2, 0) is 11.4 Å². The van der Waals surface area contributed by atoms with E-state index >= 15 is 0 Å². The maximum atomic E-state index is 14.1. The average Bonchev–Trinajstić information content (AvgIpc) is 3.04. The SMILES string of the molecule is CCOc1cc(C2C(C#N)=C(N)Oc3cc(OC(=O)C4COc5ccccc5O4)ccc32)ccc1OCc1ccccc1F. The zero-order valence-electron chi connectivity index (χ0n) is 23.6. The van der Waals surface area contributed by atoms with Gasteiger partial charge in [0.25, 0.3) is 0 Å². The lowest BCUT2D eigenvalue weighted by Crippen LogP contribution is -2.39. The van der Waals surface area contributed by atoms with Gasteiger partial charge in [0, 0.05) is 17.2 Å². The molecule has 4 aromatic carbocycles. The Morgan fingerprint density at radius 2 is 1.77 bits per heavy atom. The monoisotopic (exact) mass is 594 g/mol. The van der Waals surface area contributed by atoms with Gasteiger partial charge in [0.05, 0.1) is 12.5 Å². The normalized spacial score (nSPS) is 16.7. The van der Waals surface area contributed by atoms with Gasteiger partial charge in [0.2, 0.25) is 12.0 Å². The smallest absolute Gasteiger partial charge is 0.356 e. The number of carbonyl (C=O) groups is 1. The summed E-state index contributed by atoms with van der Waals surface area (Å²) in [5.41, 5.74) is 8.12. The predicted molar refractivity (Wildman–Crippen MR) is 156 cm³/mol. The Labute approximate surface area is 252 Å². The van der Waals surface area contributed by atoms with Crippen LogP contribution in [0.3, 0.4) is 0 Å². The van der Waals surface area contributed by atoms with E-state index in [1.54, 1.807) is 66.7 Å². The van der Waals surface area contributed by atoms with Crippen molar-refractivity contribution >= 4 is 5.97 Å². The van der Waals surface area contributed by atoms with Crippen LogP contribution in [0.25, 0.3) is 0 Å². The number of nitriles is 1. The van der Waals surface area contributed by atoms with Crippen LogP contribution in [0.2, 0.25) is 0 Å². The first-order valence-corrected chi connectivity index (χ1v) is 13.9. The van der Waals surface area contributed by atoms with E-state index in [0.717, 1.165) is 0 Å². The molecule has 9 nitrogen and oxygen atoms in total. The molecule has 0 amide bonds. The topological polar surface area (TPSA) is 122 Å². The van der Waals surface area contributed by atoms with Crippen molar-refractivity contribution in [3.05, 3.63) is 119 Å². The number of halogens is 1. The molecule has 0 spiro atoms. The molecular formula is C34H27FN2O7. The molecule has 2 aliphatic heterocycles. The Kier molecular flexibility index (Phi) is 7.93. The Morgan fingerprint density at radius 1 is 0.977 bits per heavy atom. The summed E-state index contributed by atoms with van der Waals surface area (Å²) in [4.78, 5) is 12.9. The molecule has 2 unspecified atom stereocenters. The highest BCUT2D eigenvalue weighted by Crippen LogP contribution is 2.45. The van der Waals surface area contributed by atoms with E-state index in [1.165, 1.54) is 12.1 Å². The van der Waals surface area contributed by atoms with Crippen molar-refractivity contribution in [1.82, 2.24) is 0 Å². The van der Waals surface area contributed by atoms with E-state index in [4.69, 9.17) is 34.2 Å². The van der Waals surface area contributed by atoms with E-state index in [9.17, 15) is 14.4 Å². The Bertz CT molecular complexity index is 1800. The third-order valence-electron chi connectivity index (χ3n) is 7.12. The molecule has 0 bridgehead atoms. The summed E-state index contributed by atoms with van der Waals surface area (Å²) in [5, 5.41) is 10.0. The molecular weight excluding hydrogens is 567 g/mol. The van der Waals surface area contributed by atoms with E-state index < -0.39 is 18.0 Å². The van der Waals surface area contributed by atoms with Crippen LogP contribution in [-0.4, -0.2) is 25.3 Å². The summed E-state index contributed by atoms with van der Waals surface area (Å²) >= 11 is 0. The Morgan fingerprint density at radius 3 is 2.57 bits per heavy atom. The van der Waals surface area contributed by atoms with Crippen LogP contribution in [0.5, 0.6) is 34.5 Å². The lowest BCUT2D eigenvalue weighted by Gasteiger charge is -2.28. The highest BCUT2D eigenvalue weighted by Gasteiger charge is 2.33. The van der Waals surface area contributed by atoms with Gasteiger partial charge < -0.3 is 34.2 Å². The molecule has 0 saturated heterocycles. The van der Waals surface area contributed by atoms with Crippen LogP contribution in [0.15, 0.2) is 96.4 Å². The van der Waals surface area contributed by atoms with Gasteiger partial charge in [-0.15, -0.1) is 0 Å². The van der Waals surface area contributed by atoms with E-state index in [2.05, 4.69) is 6.07 Å². The number of nitrogens with zero attached hydrogens (tertiary/aromatic N) is 1. The molecule has 0 saturated carbocycles. The second-order valence-corrected chi connectivity index (χ2v) is 9.93. The van der Waals surface area contributed by atoms with Gasteiger partial charge in [-0.05, 0) is 48.9 Å². The first kappa shape index (κ1) is 28.4. The van der Waals surface area contributed by atoms with Crippen LogP contribution < -0.4 is 34.2 Å². The maximum absolute atomic E-state index is 14.1. The molecule has 0 fully saturated rings. The van der Waals surface area contributed by atoms with E-state index in [0.29, 0.717) is 52.0 Å². The van der Waals surface area contributed by atoms with Gasteiger partial charge in [-0.3, -0.25) is 0 Å². The molecule has 2 atom stereocenters. The molecule has 10 heteroatoms. The third-order valence-corrected chi connectivity index (χ3v) is 7.12. The minimum Gasteiger partial charge on any atom is -0.490 e. The number of allylic oxidation sites excluding steroid dienone is 1. The minimum absolute atomic E-state index is 0.00272. The summed E-state index contributed by atoms with van der Waals surface area (Å²) in [5.74, 6) is 0.678. The molecule has 4 aromatic rings. The number of nitrogens with two attached hydrogens (primary N) is 1. The molecule has 222 valence electrons. The van der Waals surface area contributed by atoms with Crippen molar-refractivity contribution in [3.8, 4) is 40.6 Å². The van der Waals surface area contributed by atoms with Crippen molar-refractivity contribution in [2.45, 2.75) is 25.6 Å². The molecule has 2 aliphatic rings. The number of fused-ring (bicyclic) bond motifs is 2. The quantitative estimate of drug-likeness (QED) is 0.200. The first-order valence-electron chi connectivity index (χ1n) is 13.9. The van der Waals surface area contributed by atoms with Gasteiger partial charge in [-0.2, -0.15) is 5.26 Å². The number of hydrogen-bond acceptors (Lipinski definition) is 9. The van der Waals surface area contributed by atoms with Crippen molar-refractivity contribution in [3.63, 3.8) is 0 Å². The fraction of sp³-hybridized carbons (Fsp3) is 0.176. The minimum atomic E-state index is -0.958. The molecule has 0 radical (unpaired) electrons. The highest BCUT2D eigenvalue weighted by molar-refractivity contribution is 5.78. The molecule has 6 rings (SSSR count). The second kappa shape index (κ2) is 12.3. The summed E-state index contributed by atoms with van der Waals surface area (Å²) in [6.07, 6.45) is -0.958. The largest absolute Gasteiger partial charge is 0.490 e.